The van der Waals surface area contributed by atoms with Crippen molar-refractivity contribution < 1.29 is 9.90 Å². The molecule has 106 valence electrons. The minimum atomic E-state index is -0.944. The molecular formula is C15H12N2O2S2. The van der Waals surface area contributed by atoms with Gasteiger partial charge in [0.1, 0.15) is 11.3 Å². The molecule has 0 fully saturated rings. The molecule has 2 N–H and O–H groups in total. The molecule has 3 aromatic rings. The van der Waals surface area contributed by atoms with Gasteiger partial charge < -0.3 is 10.1 Å². The molecule has 2 aromatic heterocycles. The van der Waals surface area contributed by atoms with Crippen molar-refractivity contribution in [1.29, 1.82) is 0 Å². The summed E-state index contributed by atoms with van der Waals surface area (Å²) >= 11 is 3.72. The number of fused-ring (bicyclic) bond motifs is 2. The fourth-order valence-corrected chi connectivity index (χ4v) is 4.90. The number of carbonyl (C=O) groups is 1. The normalized spacial score (nSPS) is 14.3. The topological polar surface area (TPSA) is 66.0 Å². The molecule has 4 nitrogen and oxygen atoms in total. The Morgan fingerprint density at radius 2 is 2.29 bits per heavy atom. The van der Waals surface area contributed by atoms with E-state index in [-0.39, 0.29) is 5.56 Å². The lowest BCUT2D eigenvalue weighted by molar-refractivity contribution is 0.0699. The van der Waals surface area contributed by atoms with Crippen molar-refractivity contribution in [2.45, 2.75) is 12.2 Å². The van der Waals surface area contributed by atoms with Gasteiger partial charge in [-0.05, 0) is 35.9 Å². The average Bonchev–Trinajstić information content (AvgIpc) is 3.09. The third-order valence-corrected chi connectivity index (χ3v) is 5.86. The lowest BCUT2D eigenvalue weighted by atomic mass is 10.2. The lowest BCUT2D eigenvalue weighted by Crippen LogP contribution is -1.96. The van der Waals surface area contributed by atoms with Gasteiger partial charge in [-0.1, -0.05) is 6.07 Å². The Bertz CT molecular complexity index is 827. The number of aromatic nitrogens is 2. The van der Waals surface area contributed by atoms with Crippen LogP contribution in [0.1, 0.15) is 20.8 Å². The molecule has 6 heteroatoms. The number of benzene rings is 1. The lowest BCUT2D eigenvalue weighted by Gasteiger charge is -2.08. The smallest absolute Gasteiger partial charge is 0.337 e. The molecule has 3 heterocycles. The number of para-hydroxylation sites is 1. The van der Waals surface area contributed by atoms with Crippen molar-refractivity contribution in [3.8, 4) is 10.7 Å². The summed E-state index contributed by atoms with van der Waals surface area (Å²) in [5.74, 6) is 2.06. The Hall–Kier alpha value is -1.79. The van der Waals surface area contributed by atoms with Crippen LogP contribution in [0.5, 0.6) is 0 Å². The molecule has 4 rings (SSSR count). The highest BCUT2D eigenvalue weighted by molar-refractivity contribution is 7.98. The number of aromatic amines is 1. The van der Waals surface area contributed by atoms with Crippen LogP contribution in [0.4, 0.5) is 0 Å². The molecule has 0 saturated carbocycles. The van der Waals surface area contributed by atoms with Crippen molar-refractivity contribution in [1.82, 2.24) is 9.97 Å². The summed E-state index contributed by atoms with van der Waals surface area (Å²) < 4.78 is 0. The van der Waals surface area contributed by atoms with E-state index >= 15 is 0 Å². The highest BCUT2D eigenvalue weighted by Crippen LogP contribution is 2.36. The summed E-state index contributed by atoms with van der Waals surface area (Å²) in [5, 5.41) is 9.24. The van der Waals surface area contributed by atoms with Crippen molar-refractivity contribution in [3.05, 3.63) is 40.3 Å². The van der Waals surface area contributed by atoms with Crippen molar-refractivity contribution in [2.75, 3.05) is 5.75 Å². The summed E-state index contributed by atoms with van der Waals surface area (Å²) in [6.07, 6.45) is 1.12. The van der Waals surface area contributed by atoms with E-state index in [4.69, 9.17) is 0 Å². The van der Waals surface area contributed by atoms with Gasteiger partial charge in [-0.15, -0.1) is 11.3 Å². The molecule has 0 bridgehead atoms. The van der Waals surface area contributed by atoms with E-state index in [0.29, 0.717) is 5.52 Å². The Labute approximate surface area is 129 Å². The SMILES string of the molecule is O=C(O)c1cccc2[nH]c(-c3cc4c(s3)CCSC4)nc12. The first-order valence-corrected chi connectivity index (χ1v) is 8.61. The fraction of sp³-hybridized carbons (Fsp3) is 0.200. The van der Waals surface area contributed by atoms with Crippen LogP contribution >= 0.6 is 23.1 Å². The van der Waals surface area contributed by atoms with E-state index in [9.17, 15) is 9.90 Å². The third kappa shape index (κ3) is 2.15. The Kier molecular flexibility index (Phi) is 3.01. The van der Waals surface area contributed by atoms with Gasteiger partial charge in [0.05, 0.1) is 16.0 Å². The van der Waals surface area contributed by atoms with Crippen LogP contribution in [0.15, 0.2) is 24.3 Å². The van der Waals surface area contributed by atoms with Crippen molar-refractivity contribution in [3.63, 3.8) is 0 Å². The predicted molar refractivity (Wildman–Crippen MR) is 86.2 cm³/mol. The number of hydrogen-bond donors (Lipinski definition) is 2. The maximum atomic E-state index is 11.3. The quantitative estimate of drug-likeness (QED) is 0.755. The first-order valence-electron chi connectivity index (χ1n) is 6.64. The average molecular weight is 316 g/mol. The minimum absolute atomic E-state index is 0.242. The number of aryl methyl sites for hydroxylation is 1. The predicted octanol–water partition coefficient (Wildman–Crippen LogP) is 3.78. The van der Waals surface area contributed by atoms with Crippen molar-refractivity contribution in [2.24, 2.45) is 0 Å². The summed E-state index contributed by atoms with van der Waals surface area (Å²) in [5.41, 5.74) is 2.93. The van der Waals surface area contributed by atoms with E-state index in [1.54, 1.807) is 23.5 Å². The number of nitrogens with zero attached hydrogens (tertiary/aromatic N) is 1. The molecule has 0 spiro atoms. The molecule has 0 saturated heterocycles. The Morgan fingerprint density at radius 3 is 3.10 bits per heavy atom. The summed E-state index contributed by atoms with van der Waals surface area (Å²) in [7, 11) is 0. The van der Waals surface area contributed by atoms with Gasteiger partial charge in [0.25, 0.3) is 0 Å². The number of imidazole rings is 1. The zero-order chi connectivity index (χ0) is 14.4. The number of aromatic carboxylic acids is 1. The summed E-state index contributed by atoms with van der Waals surface area (Å²) in [4.78, 5) is 21.6. The second kappa shape index (κ2) is 4.89. The van der Waals surface area contributed by atoms with E-state index in [0.717, 1.165) is 28.4 Å². The molecule has 1 aromatic carbocycles. The molecule has 0 amide bonds. The van der Waals surface area contributed by atoms with Gasteiger partial charge in [0, 0.05) is 10.6 Å². The summed E-state index contributed by atoms with van der Waals surface area (Å²) in [6, 6.07) is 7.38. The number of thioether (sulfide) groups is 1. The number of thiophene rings is 1. The molecule has 1 aliphatic heterocycles. The van der Waals surface area contributed by atoms with Gasteiger partial charge >= 0.3 is 5.97 Å². The zero-order valence-corrected chi connectivity index (χ0v) is 12.7. The Morgan fingerprint density at radius 1 is 1.38 bits per heavy atom. The molecule has 0 radical (unpaired) electrons. The first-order chi connectivity index (χ1) is 10.2. The van der Waals surface area contributed by atoms with Crippen molar-refractivity contribution >= 4 is 40.1 Å². The molecular weight excluding hydrogens is 304 g/mol. The second-order valence-electron chi connectivity index (χ2n) is 4.95. The van der Waals surface area contributed by atoms with Gasteiger partial charge in [-0.3, -0.25) is 0 Å². The van der Waals surface area contributed by atoms with E-state index in [1.807, 2.05) is 17.8 Å². The van der Waals surface area contributed by atoms with E-state index in [2.05, 4.69) is 16.0 Å². The van der Waals surface area contributed by atoms with E-state index in [1.165, 1.54) is 16.2 Å². The van der Waals surface area contributed by atoms with Crippen LogP contribution in [0.3, 0.4) is 0 Å². The second-order valence-corrected chi connectivity index (χ2v) is 7.20. The van der Waals surface area contributed by atoms with Gasteiger partial charge in [0.2, 0.25) is 0 Å². The number of carboxylic acids is 1. The summed E-state index contributed by atoms with van der Waals surface area (Å²) in [6.45, 7) is 0. The van der Waals surface area contributed by atoms with Gasteiger partial charge in [-0.2, -0.15) is 11.8 Å². The van der Waals surface area contributed by atoms with E-state index < -0.39 is 5.97 Å². The molecule has 21 heavy (non-hydrogen) atoms. The maximum absolute atomic E-state index is 11.3. The highest BCUT2D eigenvalue weighted by Gasteiger charge is 2.18. The first kappa shape index (κ1) is 12.9. The number of rotatable bonds is 2. The van der Waals surface area contributed by atoms with Crippen LogP contribution in [-0.2, 0) is 12.2 Å². The van der Waals surface area contributed by atoms with Gasteiger partial charge in [0.15, 0.2) is 0 Å². The Balaban J connectivity index is 1.85. The minimum Gasteiger partial charge on any atom is -0.478 e. The maximum Gasteiger partial charge on any atom is 0.337 e. The van der Waals surface area contributed by atoms with Gasteiger partial charge in [-0.25, -0.2) is 9.78 Å². The van der Waals surface area contributed by atoms with Crippen LogP contribution < -0.4 is 0 Å². The zero-order valence-electron chi connectivity index (χ0n) is 11.0. The van der Waals surface area contributed by atoms with Crippen LogP contribution in [0.2, 0.25) is 0 Å². The number of hydrogen-bond acceptors (Lipinski definition) is 4. The third-order valence-electron chi connectivity index (χ3n) is 3.60. The van der Waals surface area contributed by atoms with Crippen LogP contribution in [0.25, 0.3) is 21.7 Å². The molecule has 1 aliphatic rings. The number of H-pyrrole nitrogens is 1. The number of nitrogens with one attached hydrogen (secondary N) is 1. The highest BCUT2D eigenvalue weighted by atomic mass is 32.2. The molecule has 0 unspecified atom stereocenters. The largest absolute Gasteiger partial charge is 0.478 e. The van der Waals surface area contributed by atoms with Crippen LogP contribution in [-0.4, -0.2) is 26.8 Å². The standard InChI is InChI=1S/C15H12N2O2S2/c18-15(19)9-2-1-3-10-13(9)17-14(16-10)12-6-8-7-20-5-4-11(8)21-12/h1-3,6H,4-5,7H2,(H,16,17)(H,18,19). The number of carboxylic acid groups (broad SMARTS) is 1. The molecule has 0 atom stereocenters. The molecule has 0 aliphatic carbocycles. The fourth-order valence-electron chi connectivity index (χ4n) is 2.59. The monoisotopic (exact) mass is 316 g/mol. The van der Waals surface area contributed by atoms with Crippen LogP contribution in [0, 0.1) is 0 Å².